The van der Waals surface area contributed by atoms with Gasteiger partial charge in [-0.25, -0.2) is 0 Å². The van der Waals surface area contributed by atoms with Crippen molar-refractivity contribution in [3.8, 4) is 11.8 Å². The molecule has 3 aromatic carbocycles. The Morgan fingerprint density at radius 2 is 1.71 bits per heavy atom. The molecule has 1 atom stereocenters. The maximum absolute atomic E-state index is 14.4. The zero-order valence-corrected chi connectivity index (χ0v) is 27.0. The van der Waals surface area contributed by atoms with Crippen LogP contribution in [0.25, 0.3) is 0 Å². The number of nitrogens with two attached hydrogens (primary N) is 1. The molecule has 0 radical (unpaired) electrons. The molecule has 1 heterocycles. The van der Waals surface area contributed by atoms with Gasteiger partial charge in [-0.2, -0.15) is 18.4 Å². The highest BCUT2D eigenvalue weighted by molar-refractivity contribution is 6.31. The van der Waals surface area contributed by atoms with Crippen LogP contribution < -0.4 is 15.4 Å². The van der Waals surface area contributed by atoms with E-state index in [1.54, 1.807) is 18.2 Å². The van der Waals surface area contributed by atoms with Crippen LogP contribution >= 0.6 is 23.2 Å². The Kier molecular flexibility index (Phi) is 8.50. The standard InChI is InChI=1S/C35H32Cl2F3N3O2/c1-18-10-21(17-45-30-9-7-22(36)12-19(30)2)20(3)24(11-18)31-25(16-41)33(42)43(28-14-34(4,5)15-29(44)32(28)31)27-8-6-23(37)13-26(27)35(38,39)40/h6-13,31H,14-15,17,42H2,1-5H3. The lowest BCUT2D eigenvalue weighted by molar-refractivity contribution is -0.137. The zero-order chi connectivity index (χ0) is 33.0. The molecule has 10 heteroatoms. The molecule has 0 fully saturated rings. The fourth-order valence-corrected chi connectivity index (χ4v) is 6.77. The van der Waals surface area contributed by atoms with Gasteiger partial charge in [0.2, 0.25) is 0 Å². The molecule has 0 spiro atoms. The molecule has 5 nitrogen and oxygen atoms in total. The summed E-state index contributed by atoms with van der Waals surface area (Å²) >= 11 is 12.1. The van der Waals surface area contributed by atoms with Gasteiger partial charge in [0.05, 0.1) is 28.8 Å². The molecule has 45 heavy (non-hydrogen) atoms. The number of nitriles is 1. The minimum absolute atomic E-state index is 0.000931. The van der Waals surface area contributed by atoms with Crippen molar-refractivity contribution in [2.75, 3.05) is 4.90 Å². The molecule has 5 rings (SSSR count). The van der Waals surface area contributed by atoms with Crippen LogP contribution in [0.1, 0.15) is 66.0 Å². The number of halogens is 5. The maximum atomic E-state index is 14.4. The van der Waals surface area contributed by atoms with Gasteiger partial charge in [-0.05, 0) is 91.3 Å². The summed E-state index contributed by atoms with van der Waals surface area (Å²) in [5, 5.41) is 11.0. The summed E-state index contributed by atoms with van der Waals surface area (Å²) in [5.74, 6) is -0.609. The Labute approximate surface area is 270 Å². The Bertz CT molecular complexity index is 1840. The number of allylic oxidation sites excluding steroid dienone is 3. The van der Waals surface area contributed by atoms with Crippen molar-refractivity contribution in [2.24, 2.45) is 11.1 Å². The average molecular weight is 655 g/mol. The third-order valence-corrected chi connectivity index (χ3v) is 8.89. The molecule has 0 saturated heterocycles. The molecule has 2 aliphatic rings. The van der Waals surface area contributed by atoms with Gasteiger partial charge in [-0.3, -0.25) is 9.69 Å². The first-order chi connectivity index (χ1) is 21.0. The molecule has 0 saturated carbocycles. The predicted octanol–water partition coefficient (Wildman–Crippen LogP) is 9.46. The van der Waals surface area contributed by atoms with Crippen molar-refractivity contribution in [1.29, 1.82) is 5.26 Å². The number of aryl methyl sites for hydroxylation is 2. The summed E-state index contributed by atoms with van der Waals surface area (Å²) in [7, 11) is 0. The smallest absolute Gasteiger partial charge is 0.418 e. The molecule has 0 aromatic heterocycles. The lowest BCUT2D eigenvalue weighted by atomic mass is 9.67. The van der Waals surface area contributed by atoms with E-state index in [-0.39, 0.29) is 52.9 Å². The van der Waals surface area contributed by atoms with Gasteiger partial charge >= 0.3 is 6.18 Å². The first-order valence-corrected chi connectivity index (χ1v) is 15.1. The number of carbonyl (C=O) groups is 1. The lowest BCUT2D eigenvalue weighted by Crippen LogP contribution is -2.42. The first kappa shape index (κ1) is 32.5. The summed E-state index contributed by atoms with van der Waals surface area (Å²) in [4.78, 5) is 15.3. The van der Waals surface area contributed by atoms with E-state index in [2.05, 4.69) is 6.07 Å². The number of benzene rings is 3. The van der Waals surface area contributed by atoms with E-state index < -0.39 is 23.1 Å². The molecule has 3 aromatic rings. The summed E-state index contributed by atoms with van der Waals surface area (Å²) in [6.45, 7) is 9.66. The van der Waals surface area contributed by atoms with Crippen LogP contribution in [0.5, 0.6) is 5.75 Å². The number of hydrogen-bond acceptors (Lipinski definition) is 5. The van der Waals surface area contributed by atoms with Gasteiger partial charge in [-0.1, -0.05) is 54.7 Å². The molecule has 1 aliphatic carbocycles. The zero-order valence-electron chi connectivity index (χ0n) is 25.5. The Morgan fingerprint density at radius 1 is 1.04 bits per heavy atom. The first-order valence-electron chi connectivity index (χ1n) is 14.3. The fraction of sp³-hybridized carbons (Fsp3) is 0.314. The maximum Gasteiger partial charge on any atom is 0.418 e. The average Bonchev–Trinajstić information content (AvgIpc) is 2.93. The van der Waals surface area contributed by atoms with Crippen molar-refractivity contribution in [3.63, 3.8) is 0 Å². The molecule has 0 amide bonds. The molecule has 1 aliphatic heterocycles. The molecule has 2 N–H and O–H groups in total. The molecule has 1 unspecified atom stereocenters. The van der Waals surface area contributed by atoms with E-state index in [0.29, 0.717) is 22.0 Å². The van der Waals surface area contributed by atoms with E-state index in [1.807, 2.05) is 46.8 Å². The topological polar surface area (TPSA) is 79.3 Å². The minimum atomic E-state index is -4.77. The van der Waals surface area contributed by atoms with E-state index >= 15 is 0 Å². The van der Waals surface area contributed by atoms with E-state index in [9.17, 15) is 23.2 Å². The van der Waals surface area contributed by atoms with Crippen molar-refractivity contribution >= 4 is 34.7 Å². The van der Waals surface area contributed by atoms with Crippen LogP contribution in [0.4, 0.5) is 18.9 Å². The second-order valence-electron chi connectivity index (χ2n) is 12.5. The lowest BCUT2D eigenvalue weighted by Gasteiger charge is -2.44. The number of rotatable bonds is 5. The third kappa shape index (κ3) is 6.16. The molecular formula is C35H32Cl2F3N3O2. The third-order valence-electron chi connectivity index (χ3n) is 8.42. The monoisotopic (exact) mass is 653 g/mol. The SMILES string of the molecule is Cc1cc(COc2ccc(Cl)cc2C)c(C)c(C2C(C#N)=C(N)N(c3ccc(Cl)cc3C(F)(F)F)C3=C2C(=O)CC(C)(C)C3)c1. The van der Waals surface area contributed by atoms with Crippen LogP contribution in [0.15, 0.2) is 71.2 Å². The van der Waals surface area contributed by atoms with Gasteiger partial charge in [-0.15, -0.1) is 0 Å². The highest BCUT2D eigenvalue weighted by atomic mass is 35.5. The summed E-state index contributed by atoms with van der Waals surface area (Å²) < 4.78 is 49.2. The number of ether oxygens (including phenoxy) is 1. The van der Waals surface area contributed by atoms with Crippen molar-refractivity contribution < 1.29 is 22.7 Å². The Morgan fingerprint density at radius 3 is 2.36 bits per heavy atom. The van der Waals surface area contributed by atoms with Crippen LogP contribution in [-0.2, 0) is 17.6 Å². The molecule has 0 bridgehead atoms. The number of nitrogens with zero attached hydrogens (tertiary/aromatic N) is 2. The fourth-order valence-electron chi connectivity index (χ4n) is 6.37. The van der Waals surface area contributed by atoms with Crippen LogP contribution in [-0.4, -0.2) is 5.78 Å². The van der Waals surface area contributed by atoms with Crippen LogP contribution in [0.3, 0.4) is 0 Å². The van der Waals surface area contributed by atoms with Crippen molar-refractivity contribution in [1.82, 2.24) is 0 Å². The van der Waals surface area contributed by atoms with Gasteiger partial charge in [0.25, 0.3) is 0 Å². The predicted molar refractivity (Wildman–Crippen MR) is 170 cm³/mol. The normalized spacial score (nSPS) is 18.2. The number of hydrogen-bond donors (Lipinski definition) is 1. The number of anilines is 1. The largest absolute Gasteiger partial charge is 0.489 e. The van der Waals surface area contributed by atoms with Gasteiger partial charge in [0.15, 0.2) is 5.78 Å². The van der Waals surface area contributed by atoms with Gasteiger partial charge < -0.3 is 10.5 Å². The highest BCUT2D eigenvalue weighted by Gasteiger charge is 2.47. The van der Waals surface area contributed by atoms with Crippen LogP contribution in [0.2, 0.25) is 10.0 Å². The van der Waals surface area contributed by atoms with Crippen molar-refractivity contribution in [2.45, 2.75) is 66.2 Å². The Hall–Kier alpha value is -3.93. The van der Waals surface area contributed by atoms with E-state index in [0.717, 1.165) is 28.3 Å². The quantitative estimate of drug-likeness (QED) is 0.297. The second-order valence-corrected chi connectivity index (χ2v) is 13.3. The van der Waals surface area contributed by atoms with E-state index in [4.69, 9.17) is 33.7 Å². The highest BCUT2D eigenvalue weighted by Crippen LogP contribution is 2.52. The number of carbonyl (C=O) groups excluding carboxylic acids is 1. The Balaban J connectivity index is 1.71. The van der Waals surface area contributed by atoms with Gasteiger partial charge in [0.1, 0.15) is 18.2 Å². The minimum Gasteiger partial charge on any atom is -0.489 e. The summed E-state index contributed by atoms with van der Waals surface area (Å²) in [6.07, 6.45) is -4.34. The second kappa shape index (κ2) is 11.8. The van der Waals surface area contributed by atoms with Gasteiger partial charge in [0, 0.05) is 27.7 Å². The number of Topliss-reactive ketones (excluding diaryl/α,β-unsaturated/α-hetero) is 1. The molecule has 234 valence electrons. The summed E-state index contributed by atoms with van der Waals surface area (Å²) in [5.41, 5.74) is 9.46. The number of alkyl halides is 3. The van der Waals surface area contributed by atoms with E-state index in [1.165, 1.54) is 17.0 Å². The van der Waals surface area contributed by atoms with Crippen molar-refractivity contribution in [3.05, 3.63) is 115 Å². The van der Waals surface area contributed by atoms with Crippen LogP contribution in [0, 0.1) is 37.5 Å². The number of ketones is 1. The molecular weight excluding hydrogens is 622 g/mol. The summed E-state index contributed by atoms with van der Waals surface area (Å²) in [6, 6.07) is 14.8.